The van der Waals surface area contributed by atoms with Gasteiger partial charge in [0.1, 0.15) is 0 Å². The lowest BCUT2D eigenvalue weighted by Crippen LogP contribution is -2.33. The SMILES string of the molecule is C[C@H](CC(=O)O)C[C@H](N)C1CCCCC1. The number of carboxylic acid groups (broad SMARTS) is 1. The van der Waals surface area contributed by atoms with Crippen LogP contribution in [0.15, 0.2) is 0 Å². The Kier molecular flexibility index (Phi) is 5.09. The molecule has 0 bridgehead atoms. The Morgan fingerprint density at radius 3 is 2.53 bits per heavy atom. The van der Waals surface area contributed by atoms with Gasteiger partial charge in [0, 0.05) is 12.5 Å². The van der Waals surface area contributed by atoms with Gasteiger partial charge in [-0.2, -0.15) is 0 Å². The molecule has 0 aromatic carbocycles. The first-order valence-electron chi connectivity index (χ1n) is 6.07. The summed E-state index contributed by atoms with van der Waals surface area (Å²) in [7, 11) is 0. The highest BCUT2D eigenvalue weighted by atomic mass is 16.4. The smallest absolute Gasteiger partial charge is 0.303 e. The summed E-state index contributed by atoms with van der Waals surface area (Å²) < 4.78 is 0. The molecule has 0 spiro atoms. The lowest BCUT2D eigenvalue weighted by Gasteiger charge is -2.28. The van der Waals surface area contributed by atoms with Crippen molar-refractivity contribution < 1.29 is 9.90 Å². The van der Waals surface area contributed by atoms with E-state index in [0.717, 1.165) is 6.42 Å². The summed E-state index contributed by atoms with van der Waals surface area (Å²) in [5, 5.41) is 8.67. The quantitative estimate of drug-likeness (QED) is 0.737. The van der Waals surface area contributed by atoms with Crippen LogP contribution in [0.5, 0.6) is 0 Å². The van der Waals surface area contributed by atoms with Crippen molar-refractivity contribution in [3.63, 3.8) is 0 Å². The number of carbonyl (C=O) groups is 1. The molecule has 0 aliphatic heterocycles. The number of hydrogen-bond acceptors (Lipinski definition) is 2. The summed E-state index contributed by atoms with van der Waals surface area (Å²) in [4.78, 5) is 10.5. The van der Waals surface area contributed by atoms with Crippen LogP contribution in [0.2, 0.25) is 0 Å². The minimum Gasteiger partial charge on any atom is -0.481 e. The van der Waals surface area contributed by atoms with Crippen molar-refractivity contribution in [1.82, 2.24) is 0 Å². The van der Waals surface area contributed by atoms with Gasteiger partial charge in [-0.05, 0) is 31.1 Å². The largest absolute Gasteiger partial charge is 0.481 e. The van der Waals surface area contributed by atoms with Crippen LogP contribution in [0.1, 0.15) is 51.9 Å². The van der Waals surface area contributed by atoms with E-state index in [-0.39, 0.29) is 18.4 Å². The van der Waals surface area contributed by atoms with Crippen LogP contribution in [-0.4, -0.2) is 17.1 Å². The van der Waals surface area contributed by atoms with Crippen molar-refractivity contribution in [2.45, 2.75) is 57.9 Å². The average molecular weight is 213 g/mol. The molecule has 88 valence electrons. The summed E-state index contributed by atoms with van der Waals surface area (Å²) in [6.45, 7) is 1.98. The second kappa shape index (κ2) is 6.11. The number of nitrogens with two attached hydrogens (primary N) is 1. The molecule has 0 aromatic heterocycles. The molecule has 0 radical (unpaired) electrons. The van der Waals surface area contributed by atoms with Gasteiger partial charge in [0.2, 0.25) is 0 Å². The molecular weight excluding hydrogens is 190 g/mol. The van der Waals surface area contributed by atoms with E-state index in [1.807, 2.05) is 6.92 Å². The minimum atomic E-state index is -0.710. The lowest BCUT2D eigenvalue weighted by atomic mass is 9.81. The Morgan fingerprint density at radius 1 is 1.40 bits per heavy atom. The van der Waals surface area contributed by atoms with Crippen LogP contribution in [0.4, 0.5) is 0 Å². The Labute approximate surface area is 92.0 Å². The molecule has 1 rings (SSSR count). The zero-order valence-corrected chi connectivity index (χ0v) is 9.61. The Hall–Kier alpha value is -0.570. The Morgan fingerprint density at radius 2 is 2.00 bits per heavy atom. The predicted molar refractivity (Wildman–Crippen MR) is 60.6 cm³/mol. The highest BCUT2D eigenvalue weighted by Gasteiger charge is 2.22. The molecule has 1 saturated carbocycles. The van der Waals surface area contributed by atoms with Gasteiger partial charge in [0.25, 0.3) is 0 Å². The molecule has 3 N–H and O–H groups in total. The van der Waals surface area contributed by atoms with E-state index in [4.69, 9.17) is 10.8 Å². The van der Waals surface area contributed by atoms with E-state index < -0.39 is 5.97 Å². The molecule has 0 unspecified atom stereocenters. The summed E-state index contributed by atoms with van der Waals surface area (Å²) in [5.41, 5.74) is 6.13. The molecule has 3 nitrogen and oxygen atoms in total. The number of carboxylic acids is 1. The van der Waals surface area contributed by atoms with E-state index in [0.29, 0.717) is 5.92 Å². The van der Waals surface area contributed by atoms with E-state index in [2.05, 4.69) is 0 Å². The molecule has 3 heteroatoms. The molecule has 1 fully saturated rings. The van der Waals surface area contributed by atoms with Gasteiger partial charge in [-0.15, -0.1) is 0 Å². The number of hydrogen-bond donors (Lipinski definition) is 2. The standard InChI is InChI=1S/C12H23NO2/c1-9(8-12(14)15)7-11(13)10-5-3-2-4-6-10/h9-11H,2-8,13H2,1H3,(H,14,15)/t9-,11-/m0/s1. The third-order valence-electron chi connectivity index (χ3n) is 3.45. The first kappa shape index (κ1) is 12.5. The van der Waals surface area contributed by atoms with Crippen LogP contribution in [0.3, 0.4) is 0 Å². The first-order chi connectivity index (χ1) is 7.09. The van der Waals surface area contributed by atoms with Crippen LogP contribution in [0.25, 0.3) is 0 Å². The lowest BCUT2D eigenvalue weighted by molar-refractivity contribution is -0.138. The summed E-state index contributed by atoms with van der Waals surface area (Å²) in [5.74, 6) is 0.132. The van der Waals surface area contributed by atoms with Crippen molar-refractivity contribution in [3.05, 3.63) is 0 Å². The van der Waals surface area contributed by atoms with Crippen molar-refractivity contribution in [3.8, 4) is 0 Å². The van der Waals surface area contributed by atoms with Crippen LogP contribution in [-0.2, 0) is 4.79 Å². The molecular formula is C12H23NO2. The van der Waals surface area contributed by atoms with Gasteiger partial charge in [-0.25, -0.2) is 0 Å². The molecule has 0 saturated heterocycles. The molecule has 1 aliphatic carbocycles. The second-order valence-corrected chi connectivity index (χ2v) is 5.00. The van der Waals surface area contributed by atoms with Gasteiger partial charge >= 0.3 is 5.97 Å². The van der Waals surface area contributed by atoms with Crippen molar-refractivity contribution >= 4 is 5.97 Å². The van der Waals surface area contributed by atoms with E-state index in [1.165, 1.54) is 32.1 Å². The van der Waals surface area contributed by atoms with E-state index in [1.54, 1.807) is 0 Å². The third-order valence-corrected chi connectivity index (χ3v) is 3.45. The fourth-order valence-corrected chi connectivity index (χ4v) is 2.60. The molecule has 1 aliphatic rings. The highest BCUT2D eigenvalue weighted by molar-refractivity contribution is 5.66. The summed E-state index contributed by atoms with van der Waals surface area (Å²) in [6, 6.07) is 0.208. The Balaban J connectivity index is 2.26. The van der Waals surface area contributed by atoms with Crippen molar-refractivity contribution in [2.75, 3.05) is 0 Å². The topological polar surface area (TPSA) is 63.3 Å². The molecule has 15 heavy (non-hydrogen) atoms. The number of aliphatic carboxylic acids is 1. The van der Waals surface area contributed by atoms with Crippen LogP contribution in [0, 0.1) is 11.8 Å². The maximum absolute atomic E-state index is 10.5. The average Bonchev–Trinajstić information content (AvgIpc) is 2.17. The highest BCUT2D eigenvalue weighted by Crippen LogP contribution is 2.28. The van der Waals surface area contributed by atoms with Crippen LogP contribution < -0.4 is 5.73 Å². The fraction of sp³-hybridized carbons (Fsp3) is 0.917. The summed E-state index contributed by atoms with van der Waals surface area (Å²) >= 11 is 0. The van der Waals surface area contributed by atoms with Gasteiger partial charge in [0.15, 0.2) is 0 Å². The van der Waals surface area contributed by atoms with Crippen molar-refractivity contribution in [1.29, 1.82) is 0 Å². The monoisotopic (exact) mass is 213 g/mol. The van der Waals surface area contributed by atoms with E-state index in [9.17, 15) is 4.79 Å². The number of rotatable bonds is 5. The first-order valence-corrected chi connectivity index (χ1v) is 6.07. The maximum atomic E-state index is 10.5. The van der Waals surface area contributed by atoms with Gasteiger partial charge in [0.05, 0.1) is 0 Å². The van der Waals surface area contributed by atoms with Crippen molar-refractivity contribution in [2.24, 2.45) is 17.6 Å². The predicted octanol–water partition coefficient (Wildman–Crippen LogP) is 2.39. The molecule has 0 heterocycles. The fourth-order valence-electron chi connectivity index (χ4n) is 2.60. The van der Waals surface area contributed by atoms with Gasteiger partial charge in [-0.3, -0.25) is 4.79 Å². The Bertz CT molecular complexity index is 200. The molecule has 0 aromatic rings. The zero-order chi connectivity index (χ0) is 11.3. The minimum absolute atomic E-state index is 0.208. The molecule has 2 atom stereocenters. The van der Waals surface area contributed by atoms with Crippen LogP contribution >= 0.6 is 0 Å². The maximum Gasteiger partial charge on any atom is 0.303 e. The molecule has 0 amide bonds. The normalized spacial score (nSPS) is 22.3. The summed E-state index contributed by atoms with van der Waals surface area (Å²) in [6.07, 6.45) is 7.52. The zero-order valence-electron chi connectivity index (χ0n) is 9.61. The van der Waals surface area contributed by atoms with Gasteiger partial charge < -0.3 is 10.8 Å². The third kappa shape index (κ3) is 4.65. The second-order valence-electron chi connectivity index (χ2n) is 5.00. The van der Waals surface area contributed by atoms with Gasteiger partial charge in [-0.1, -0.05) is 26.2 Å². The van der Waals surface area contributed by atoms with E-state index >= 15 is 0 Å².